The van der Waals surface area contributed by atoms with Crippen LogP contribution in [0.2, 0.25) is 0 Å². The summed E-state index contributed by atoms with van der Waals surface area (Å²) in [5, 5.41) is 6.47. The normalized spacial score (nSPS) is 17.7. The van der Waals surface area contributed by atoms with Crippen LogP contribution in [0.5, 0.6) is 0 Å². The Bertz CT molecular complexity index is 427. The maximum absolute atomic E-state index is 13.0. The molecule has 1 heterocycles. The van der Waals surface area contributed by atoms with E-state index in [2.05, 4.69) is 22.8 Å². The molecular weight excluding hydrogens is 250 g/mol. The molecular formula is C16H25N3O. The van der Waals surface area contributed by atoms with Gasteiger partial charge in [0.1, 0.15) is 0 Å². The number of rotatable bonds is 5. The number of hydrogen-bond acceptors (Lipinski definition) is 3. The van der Waals surface area contributed by atoms with Gasteiger partial charge in [0.2, 0.25) is 5.91 Å². The van der Waals surface area contributed by atoms with Gasteiger partial charge < -0.3 is 15.5 Å². The molecule has 2 N–H and O–H groups in total. The van der Waals surface area contributed by atoms with E-state index in [0.717, 1.165) is 44.6 Å². The van der Waals surface area contributed by atoms with Gasteiger partial charge in [-0.1, -0.05) is 30.3 Å². The van der Waals surface area contributed by atoms with Crippen LogP contribution in [-0.2, 0) is 10.2 Å². The molecule has 4 heteroatoms. The third-order valence-corrected chi connectivity index (χ3v) is 4.24. The van der Waals surface area contributed by atoms with Gasteiger partial charge >= 0.3 is 0 Å². The molecule has 0 bridgehead atoms. The van der Waals surface area contributed by atoms with Gasteiger partial charge in [-0.05, 0) is 38.5 Å². The van der Waals surface area contributed by atoms with Crippen molar-refractivity contribution in [2.24, 2.45) is 0 Å². The highest BCUT2D eigenvalue weighted by molar-refractivity contribution is 5.88. The fourth-order valence-electron chi connectivity index (χ4n) is 2.98. The maximum Gasteiger partial charge on any atom is 0.233 e. The number of amides is 1. The molecule has 4 nitrogen and oxygen atoms in total. The summed E-state index contributed by atoms with van der Waals surface area (Å²) < 4.78 is 0. The van der Waals surface area contributed by atoms with E-state index < -0.39 is 0 Å². The highest BCUT2D eigenvalue weighted by Crippen LogP contribution is 2.35. The average molecular weight is 275 g/mol. The van der Waals surface area contributed by atoms with Gasteiger partial charge in [0, 0.05) is 20.1 Å². The van der Waals surface area contributed by atoms with Crippen LogP contribution in [0.25, 0.3) is 0 Å². The van der Waals surface area contributed by atoms with E-state index in [-0.39, 0.29) is 11.3 Å². The Morgan fingerprint density at radius 3 is 2.55 bits per heavy atom. The van der Waals surface area contributed by atoms with Gasteiger partial charge in [0.25, 0.3) is 0 Å². The number of carbonyl (C=O) groups is 1. The fourth-order valence-corrected chi connectivity index (χ4v) is 2.98. The number of benzene rings is 1. The molecule has 1 aliphatic rings. The molecule has 0 aromatic heterocycles. The first kappa shape index (κ1) is 15.0. The van der Waals surface area contributed by atoms with E-state index in [0.29, 0.717) is 0 Å². The highest BCUT2D eigenvalue weighted by atomic mass is 16.2. The van der Waals surface area contributed by atoms with Crippen molar-refractivity contribution in [3.63, 3.8) is 0 Å². The molecule has 20 heavy (non-hydrogen) atoms. The van der Waals surface area contributed by atoms with Crippen LogP contribution in [0, 0.1) is 0 Å². The summed E-state index contributed by atoms with van der Waals surface area (Å²) >= 11 is 0. The number of piperidine rings is 1. The highest BCUT2D eigenvalue weighted by Gasteiger charge is 2.42. The van der Waals surface area contributed by atoms with Crippen molar-refractivity contribution in [2.75, 3.05) is 40.3 Å². The van der Waals surface area contributed by atoms with E-state index in [9.17, 15) is 4.79 Å². The minimum absolute atomic E-state index is 0.250. The van der Waals surface area contributed by atoms with Gasteiger partial charge in [-0.2, -0.15) is 0 Å². The van der Waals surface area contributed by atoms with Crippen LogP contribution in [0.4, 0.5) is 0 Å². The summed E-state index contributed by atoms with van der Waals surface area (Å²) in [6, 6.07) is 10.2. The second kappa shape index (κ2) is 6.86. The van der Waals surface area contributed by atoms with Crippen molar-refractivity contribution in [3.05, 3.63) is 35.9 Å². The summed E-state index contributed by atoms with van der Waals surface area (Å²) in [6.07, 6.45) is 1.75. The van der Waals surface area contributed by atoms with Crippen LogP contribution in [-0.4, -0.2) is 51.1 Å². The number of nitrogens with zero attached hydrogens (tertiary/aromatic N) is 1. The lowest BCUT2D eigenvalue weighted by molar-refractivity contribution is -0.137. The van der Waals surface area contributed by atoms with Crippen molar-refractivity contribution in [1.82, 2.24) is 15.5 Å². The van der Waals surface area contributed by atoms with Gasteiger partial charge in [0.05, 0.1) is 5.41 Å². The largest absolute Gasteiger partial charge is 0.344 e. The Morgan fingerprint density at radius 1 is 1.30 bits per heavy atom. The molecule has 0 unspecified atom stereocenters. The lowest BCUT2D eigenvalue weighted by Gasteiger charge is -2.39. The third-order valence-electron chi connectivity index (χ3n) is 4.24. The Morgan fingerprint density at radius 2 is 1.95 bits per heavy atom. The fraction of sp³-hybridized carbons (Fsp3) is 0.562. The SMILES string of the molecule is CNCCN(C)C(=O)C1(c2ccccc2)CCNCC1. The zero-order chi connectivity index (χ0) is 14.4. The van der Waals surface area contributed by atoms with Crippen molar-refractivity contribution < 1.29 is 4.79 Å². The van der Waals surface area contributed by atoms with Crippen LogP contribution in [0.15, 0.2) is 30.3 Å². The minimum Gasteiger partial charge on any atom is -0.344 e. The Balaban J connectivity index is 2.25. The molecule has 1 fully saturated rings. The average Bonchev–Trinajstić information content (AvgIpc) is 2.53. The van der Waals surface area contributed by atoms with Crippen molar-refractivity contribution in [3.8, 4) is 0 Å². The zero-order valence-corrected chi connectivity index (χ0v) is 12.5. The van der Waals surface area contributed by atoms with E-state index in [4.69, 9.17) is 0 Å². The molecule has 1 aliphatic heterocycles. The van der Waals surface area contributed by atoms with Crippen LogP contribution >= 0.6 is 0 Å². The lowest BCUT2D eigenvalue weighted by Crippen LogP contribution is -2.52. The summed E-state index contributed by atoms with van der Waals surface area (Å²) in [6.45, 7) is 3.38. The maximum atomic E-state index is 13.0. The van der Waals surface area contributed by atoms with Crippen molar-refractivity contribution in [1.29, 1.82) is 0 Å². The molecule has 0 spiro atoms. The summed E-state index contributed by atoms with van der Waals surface area (Å²) in [4.78, 5) is 14.9. The predicted octanol–water partition coefficient (Wildman–Crippen LogP) is 0.986. The number of hydrogen-bond donors (Lipinski definition) is 2. The zero-order valence-electron chi connectivity index (χ0n) is 12.5. The monoisotopic (exact) mass is 275 g/mol. The van der Waals surface area contributed by atoms with Gasteiger partial charge in [0.15, 0.2) is 0 Å². The van der Waals surface area contributed by atoms with E-state index in [1.807, 2.05) is 37.2 Å². The molecule has 0 radical (unpaired) electrons. The second-order valence-electron chi connectivity index (χ2n) is 5.53. The minimum atomic E-state index is -0.352. The van der Waals surface area contributed by atoms with Gasteiger partial charge in [-0.3, -0.25) is 4.79 Å². The summed E-state index contributed by atoms with van der Waals surface area (Å²) in [5.41, 5.74) is 0.803. The topological polar surface area (TPSA) is 44.4 Å². The molecule has 0 saturated carbocycles. The quantitative estimate of drug-likeness (QED) is 0.842. The first-order valence-corrected chi connectivity index (χ1v) is 7.37. The standard InChI is InChI=1S/C16H25N3O/c1-17-12-13-19(2)15(20)16(8-10-18-11-9-16)14-6-4-3-5-7-14/h3-7,17-18H,8-13H2,1-2H3. The third kappa shape index (κ3) is 3.02. The predicted molar refractivity (Wildman–Crippen MR) is 81.8 cm³/mol. The van der Waals surface area contributed by atoms with Crippen molar-refractivity contribution >= 4 is 5.91 Å². The number of nitrogens with one attached hydrogen (secondary N) is 2. The molecule has 1 saturated heterocycles. The second-order valence-corrected chi connectivity index (χ2v) is 5.53. The molecule has 1 aromatic carbocycles. The van der Waals surface area contributed by atoms with Gasteiger partial charge in [-0.15, -0.1) is 0 Å². The Kier molecular flexibility index (Phi) is 5.15. The molecule has 0 atom stereocenters. The first-order valence-electron chi connectivity index (χ1n) is 7.37. The van der Waals surface area contributed by atoms with Crippen molar-refractivity contribution in [2.45, 2.75) is 18.3 Å². The van der Waals surface area contributed by atoms with Crippen LogP contribution < -0.4 is 10.6 Å². The molecule has 1 amide bonds. The van der Waals surface area contributed by atoms with E-state index in [1.54, 1.807) is 0 Å². The molecule has 0 aliphatic carbocycles. The van der Waals surface area contributed by atoms with Gasteiger partial charge in [-0.25, -0.2) is 0 Å². The summed E-state index contributed by atoms with van der Waals surface area (Å²) in [7, 11) is 3.82. The number of carbonyl (C=O) groups excluding carboxylic acids is 1. The first-order chi connectivity index (χ1) is 9.70. The van der Waals surface area contributed by atoms with E-state index >= 15 is 0 Å². The summed E-state index contributed by atoms with van der Waals surface area (Å²) in [5.74, 6) is 0.250. The lowest BCUT2D eigenvalue weighted by atomic mass is 9.72. The Hall–Kier alpha value is -1.39. The van der Waals surface area contributed by atoms with Crippen LogP contribution in [0.3, 0.4) is 0 Å². The number of likely N-dealkylation sites (N-methyl/N-ethyl adjacent to an activating group) is 2. The van der Waals surface area contributed by atoms with Crippen LogP contribution in [0.1, 0.15) is 18.4 Å². The molecule has 1 aromatic rings. The van der Waals surface area contributed by atoms with E-state index in [1.165, 1.54) is 0 Å². The molecule has 2 rings (SSSR count). The molecule has 110 valence electrons. The Labute approximate surface area is 121 Å². The smallest absolute Gasteiger partial charge is 0.233 e.